The Kier molecular flexibility index (Phi) is 3.00. The standard InChI is InChI=1S/C21H23NO2/c1-12-9-14(24)10-21-11-20(3,4)22-19(21)17(13(2)23)15-7-5-6-8-16(15)18(12)21/h5-9,18,22H,10-11H2,1-4H3. The van der Waals surface area contributed by atoms with Gasteiger partial charge in [-0.05, 0) is 51.3 Å². The van der Waals surface area contributed by atoms with Crippen molar-refractivity contribution in [1.29, 1.82) is 0 Å². The minimum Gasteiger partial charge on any atom is -0.382 e. The third-order valence-electron chi connectivity index (χ3n) is 5.75. The summed E-state index contributed by atoms with van der Waals surface area (Å²) in [7, 11) is 0. The molecule has 2 unspecified atom stereocenters. The van der Waals surface area contributed by atoms with Gasteiger partial charge in [-0.2, -0.15) is 0 Å². The Morgan fingerprint density at radius 3 is 2.67 bits per heavy atom. The molecule has 3 heteroatoms. The number of fused-ring (bicyclic) bond motifs is 2. The number of ketones is 2. The van der Waals surface area contributed by atoms with Crippen molar-refractivity contribution in [2.75, 3.05) is 0 Å². The average Bonchev–Trinajstić information content (AvgIpc) is 2.71. The van der Waals surface area contributed by atoms with Crippen molar-refractivity contribution in [2.45, 2.75) is 52.0 Å². The molecule has 2 aliphatic carbocycles. The lowest BCUT2D eigenvalue weighted by molar-refractivity contribution is -0.117. The number of hydrogen-bond acceptors (Lipinski definition) is 3. The fourth-order valence-corrected chi connectivity index (χ4v) is 5.35. The number of carbonyl (C=O) groups is 2. The Morgan fingerprint density at radius 2 is 1.96 bits per heavy atom. The van der Waals surface area contributed by atoms with E-state index in [0.29, 0.717) is 6.42 Å². The second-order valence-corrected chi connectivity index (χ2v) is 8.20. The quantitative estimate of drug-likeness (QED) is 0.856. The van der Waals surface area contributed by atoms with E-state index in [1.807, 2.05) is 18.2 Å². The summed E-state index contributed by atoms with van der Waals surface area (Å²) in [6.45, 7) is 8.00. The number of benzene rings is 1. The monoisotopic (exact) mass is 321 g/mol. The summed E-state index contributed by atoms with van der Waals surface area (Å²) in [4.78, 5) is 25.0. The molecule has 1 fully saturated rings. The van der Waals surface area contributed by atoms with Gasteiger partial charge in [-0.1, -0.05) is 29.8 Å². The number of nitrogens with one attached hydrogen (secondary N) is 1. The van der Waals surface area contributed by atoms with Gasteiger partial charge in [-0.15, -0.1) is 0 Å². The largest absolute Gasteiger partial charge is 0.382 e. The number of Topliss-reactive ketones (excluding diaryl/α,β-unsaturated/α-hetero) is 1. The van der Waals surface area contributed by atoms with Crippen LogP contribution in [0.3, 0.4) is 0 Å². The molecule has 124 valence electrons. The van der Waals surface area contributed by atoms with Crippen molar-refractivity contribution in [1.82, 2.24) is 5.32 Å². The zero-order chi connectivity index (χ0) is 17.3. The molecule has 1 aromatic carbocycles. The molecule has 1 aliphatic heterocycles. The summed E-state index contributed by atoms with van der Waals surface area (Å²) in [5, 5.41) is 3.61. The van der Waals surface area contributed by atoms with E-state index >= 15 is 0 Å². The van der Waals surface area contributed by atoms with Crippen LogP contribution in [0.25, 0.3) is 5.57 Å². The predicted octanol–water partition coefficient (Wildman–Crippen LogP) is 3.76. The van der Waals surface area contributed by atoms with Gasteiger partial charge in [0.15, 0.2) is 11.6 Å². The summed E-state index contributed by atoms with van der Waals surface area (Å²) in [6, 6.07) is 8.19. The lowest BCUT2D eigenvalue weighted by Gasteiger charge is -2.46. The van der Waals surface area contributed by atoms with E-state index < -0.39 is 0 Å². The van der Waals surface area contributed by atoms with Crippen LogP contribution in [-0.2, 0) is 9.59 Å². The summed E-state index contributed by atoms with van der Waals surface area (Å²) < 4.78 is 0. The average molecular weight is 321 g/mol. The van der Waals surface area contributed by atoms with E-state index in [1.54, 1.807) is 13.0 Å². The van der Waals surface area contributed by atoms with Gasteiger partial charge < -0.3 is 5.32 Å². The Labute approximate surface area is 142 Å². The first kappa shape index (κ1) is 15.4. The first-order chi connectivity index (χ1) is 11.3. The van der Waals surface area contributed by atoms with Crippen LogP contribution in [0.5, 0.6) is 0 Å². The molecule has 0 amide bonds. The predicted molar refractivity (Wildman–Crippen MR) is 94.4 cm³/mol. The molecule has 1 saturated heterocycles. The van der Waals surface area contributed by atoms with Crippen molar-refractivity contribution < 1.29 is 9.59 Å². The highest BCUT2D eigenvalue weighted by atomic mass is 16.1. The van der Waals surface area contributed by atoms with E-state index in [0.717, 1.165) is 28.8 Å². The maximum Gasteiger partial charge on any atom is 0.162 e. The molecule has 1 spiro atoms. The molecule has 3 aliphatic rings. The Hall–Kier alpha value is -2.16. The van der Waals surface area contributed by atoms with Crippen LogP contribution in [0.15, 0.2) is 41.6 Å². The van der Waals surface area contributed by atoms with E-state index in [-0.39, 0.29) is 28.4 Å². The van der Waals surface area contributed by atoms with E-state index in [4.69, 9.17) is 0 Å². The fraction of sp³-hybridized carbons (Fsp3) is 0.429. The van der Waals surface area contributed by atoms with Crippen LogP contribution in [0, 0.1) is 5.41 Å². The fourth-order valence-electron chi connectivity index (χ4n) is 5.35. The molecular formula is C21H23NO2. The van der Waals surface area contributed by atoms with Gasteiger partial charge in [0.25, 0.3) is 0 Å². The molecule has 1 heterocycles. The maximum absolute atomic E-state index is 12.6. The highest BCUT2D eigenvalue weighted by Crippen LogP contribution is 2.63. The SMILES string of the molecule is CC(=O)C1=C2NC(C)(C)CC23CC(=O)C=C(C)C3c2ccccc21. The molecule has 1 aromatic rings. The van der Waals surface area contributed by atoms with Crippen LogP contribution < -0.4 is 5.32 Å². The first-order valence-corrected chi connectivity index (χ1v) is 8.59. The van der Waals surface area contributed by atoms with Crippen LogP contribution in [-0.4, -0.2) is 17.1 Å². The topological polar surface area (TPSA) is 46.2 Å². The van der Waals surface area contributed by atoms with Crippen molar-refractivity contribution in [3.63, 3.8) is 0 Å². The zero-order valence-corrected chi connectivity index (χ0v) is 14.7. The van der Waals surface area contributed by atoms with Crippen molar-refractivity contribution >= 4 is 17.1 Å². The van der Waals surface area contributed by atoms with E-state index in [9.17, 15) is 9.59 Å². The van der Waals surface area contributed by atoms with Gasteiger partial charge in [0.05, 0.1) is 0 Å². The number of carbonyl (C=O) groups excluding carboxylic acids is 2. The van der Waals surface area contributed by atoms with Crippen molar-refractivity contribution in [3.8, 4) is 0 Å². The number of rotatable bonds is 1. The smallest absolute Gasteiger partial charge is 0.162 e. The third kappa shape index (κ3) is 1.90. The normalized spacial score (nSPS) is 30.1. The van der Waals surface area contributed by atoms with Crippen LogP contribution >= 0.6 is 0 Å². The molecule has 2 atom stereocenters. The summed E-state index contributed by atoms with van der Waals surface area (Å²) in [5.41, 5.74) is 4.64. The Balaban J connectivity index is 2.11. The second-order valence-electron chi connectivity index (χ2n) is 8.20. The number of hydrogen-bond donors (Lipinski definition) is 1. The first-order valence-electron chi connectivity index (χ1n) is 8.59. The second kappa shape index (κ2) is 4.69. The van der Waals surface area contributed by atoms with Gasteiger partial charge >= 0.3 is 0 Å². The molecule has 0 radical (unpaired) electrons. The van der Waals surface area contributed by atoms with Gasteiger partial charge in [-0.25, -0.2) is 0 Å². The summed E-state index contributed by atoms with van der Waals surface area (Å²) in [5.74, 6) is 0.405. The third-order valence-corrected chi connectivity index (χ3v) is 5.75. The highest BCUT2D eigenvalue weighted by Gasteiger charge is 2.58. The molecule has 0 aromatic heterocycles. The molecule has 3 nitrogen and oxygen atoms in total. The summed E-state index contributed by atoms with van der Waals surface area (Å²) >= 11 is 0. The number of allylic oxidation sites excluding steroid dienone is 4. The van der Waals surface area contributed by atoms with Gasteiger partial charge in [0.1, 0.15) is 0 Å². The van der Waals surface area contributed by atoms with Crippen LogP contribution in [0.4, 0.5) is 0 Å². The van der Waals surface area contributed by atoms with Crippen LogP contribution in [0.1, 0.15) is 57.6 Å². The molecule has 1 N–H and O–H groups in total. The molecule has 0 saturated carbocycles. The molecular weight excluding hydrogens is 298 g/mol. The lowest BCUT2D eigenvalue weighted by atomic mass is 9.56. The molecule has 4 rings (SSSR count). The van der Waals surface area contributed by atoms with Gasteiger partial charge in [-0.3, -0.25) is 9.59 Å². The highest BCUT2D eigenvalue weighted by molar-refractivity contribution is 6.22. The lowest BCUT2D eigenvalue weighted by Crippen LogP contribution is -2.40. The van der Waals surface area contributed by atoms with Gasteiger partial charge in [0, 0.05) is 34.6 Å². The molecule has 24 heavy (non-hydrogen) atoms. The Bertz CT molecular complexity index is 843. The maximum atomic E-state index is 12.6. The van der Waals surface area contributed by atoms with E-state index in [1.165, 1.54) is 5.56 Å². The Morgan fingerprint density at radius 1 is 1.25 bits per heavy atom. The van der Waals surface area contributed by atoms with Crippen LogP contribution in [0.2, 0.25) is 0 Å². The van der Waals surface area contributed by atoms with Crippen molar-refractivity contribution in [3.05, 3.63) is 52.7 Å². The zero-order valence-electron chi connectivity index (χ0n) is 14.7. The van der Waals surface area contributed by atoms with E-state index in [2.05, 4.69) is 32.2 Å². The summed E-state index contributed by atoms with van der Waals surface area (Å²) in [6.07, 6.45) is 3.14. The minimum atomic E-state index is -0.311. The van der Waals surface area contributed by atoms with Crippen molar-refractivity contribution in [2.24, 2.45) is 5.41 Å². The van der Waals surface area contributed by atoms with Gasteiger partial charge in [0.2, 0.25) is 0 Å². The molecule has 0 bridgehead atoms. The minimum absolute atomic E-state index is 0.0696.